The number of hydrogen-bond acceptors (Lipinski definition) is 6. The standard InChI is InChI=1S/C34H39N9O3/c35-30(36)24-13-9-21(10-14-24)18-27(26-7-3-15-40-20-26)32(45)43-29(19-22-11-12-23-5-1-2-6-25(23)17-22)33(46)42-28(31(37)44)8-4-16-41-34(38)39/h1-3,5-7,9-15,17,20,27-29H,4,8,16,18-19H2,(H3,35,36)(H2,37,44)(H,42,46)(H,43,45)(H4,38,39,41)/t27-,28?,29-/m0/s1. The van der Waals surface area contributed by atoms with Gasteiger partial charge in [0.05, 0.1) is 5.92 Å². The summed E-state index contributed by atoms with van der Waals surface area (Å²) in [5, 5.41) is 15.4. The van der Waals surface area contributed by atoms with Crippen LogP contribution in [0.15, 0.2) is 96.2 Å². The predicted octanol–water partition coefficient (Wildman–Crippen LogP) is 1.60. The molecule has 46 heavy (non-hydrogen) atoms. The van der Waals surface area contributed by atoms with Crippen molar-refractivity contribution in [1.29, 1.82) is 5.41 Å². The third-order valence-electron chi connectivity index (χ3n) is 7.60. The summed E-state index contributed by atoms with van der Waals surface area (Å²) in [5.41, 5.74) is 24.9. The summed E-state index contributed by atoms with van der Waals surface area (Å²) in [4.78, 5) is 48.2. The summed E-state index contributed by atoms with van der Waals surface area (Å²) in [6, 6.07) is 22.3. The highest BCUT2D eigenvalue weighted by molar-refractivity contribution is 5.95. The minimum atomic E-state index is -1.03. The zero-order valence-electron chi connectivity index (χ0n) is 25.4. The first kappa shape index (κ1) is 33.1. The number of aromatic nitrogens is 1. The number of amidine groups is 1. The number of carbonyl (C=O) groups excluding carboxylic acids is 3. The van der Waals surface area contributed by atoms with Gasteiger partial charge in [-0.1, -0.05) is 72.8 Å². The molecule has 1 aromatic heterocycles. The molecule has 3 amide bonds. The average molecular weight is 622 g/mol. The second kappa shape index (κ2) is 15.8. The molecule has 0 radical (unpaired) electrons. The van der Waals surface area contributed by atoms with E-state index in [4.69, 9.17) is 28.3 Å². The molecule has 0 aliphatic rings. The first-order valence-electron chi connectivity index (χ1n) is 14.9. The summed E-state index contributed by atoms with van der Waals surface area (Å²) in [6.45, 7) is 0.263. The molecule has 0 spiro atoms. The molecule has 3 aromatic carbocycles. The van der Waals surface area contributed by atoms with Gasteiger partial charge in [0.25, 0.3) is 0 Å². The van der Waals surface area contributed by atoms with Crippen LogP contribution >= 0.6 is 0 Å². The van der Waals surface area contributed by atoms with Crippen molar-refractivity contribution in [1.82, 2.24) is 15.6 Å². The van der Waals surface area contributed by atoms with Crippen molar-refractivity contribution < 1.29 is 14.4 Å². The molecule has 12 nitrogen and oxygen atoms in total. The van der Waals surface area contributed by atoms with E-state index < -0.39 is 35.7 Å². The Balaban J connectivity index is 1.61. The van der Waals surface area contributed by atoms with E-state index in [1.807, 2.05) is 54.6 Å². The number of nitrogen functional groups attached to an aromatic ring is 1. The second-order valence-corrected chi connectivity index (χ2v) is 11.0. The Morgan fingerprint density at radius 1 is 0.783 bits per heavy atom. The van der Waals surface area contributed by atoms with Crippen molar-refractivity contribution >= 4 is 40.3 Å². The van der Waals surface area contributed by atoms with Gasteiger partial charge >= 0.3 is 0 Å². The van der Waals surface area contributed by atoms with E-state index in [1.54, 1.807) is 36.7 Å². The lowest BCUT2D eigenvalue weighted by atomic mass is 9.91. The van der Waals surface area contributed by atoms with Crippen LogP contribution in [0.25, 0.3) is 10.8 Å². The molecular weight excluding hydrogens is 582 g/mol. The summed E-state index contributed by atoms with van der Waals surface area (Å²) in [7, 11) is 0. The molecule has 11 N–H and O–H groups in total. The number of nitrogens with two attached hydrogens (primary N) is 4. The second-order valence-electron chi connectivity index (χ2n) is 11.0. The molecule has 4 rings (SSSR count). The van der Waals surface area contributed by atoms with Crippen LogP contribution in [0.3, 0.4) is 0 Å². The third kappa shape index (κ3) is 9.36. The summed E-state index contributed by atoms with van der Waals surface area (Å²) in [5.74, 6) is -2.49. The van der Waals surface area contributed by atoms with Crippen LogP contribution in [-0.4, -0.2) is 53.1 Å². The van der Waals surface area contributed by atoms with Crippen LogP contribution in [0, 0.1) is 5.41 Å². The van der Waals surface area contributed by atoms with E-state index in [1.165, 1.54) is 0 Å². The lowest BCUT2D eigenvalue weighted by molar-refractivity contribution is -0.131. The van der Waals surface area contributed by atoms with Gasteiger partial charge in [-0.2, -0.15) is 0 Å². The number of rotatable bonds is 15. The molecule has 1 heterocycles. The molecular formula is C34H39N9O3. The highest BCUT2D eigenvalue weighted by Gasteiger charge is 2.29. The monoisotopic (exact) mass is 621 g/mol. The average Bonchev–Trinajstić information content (AvgIpc) is 3.04. The molecule has 0 bridgehead atoms. The maximum absolute atomic E-state index is 14.0. The highest BCUT2D eigenvalue weighted by atomic mass is 16.2. The number of pyridine rings is 1. The highest BCUT2D eigenvalue weighted by Crippen LogP contribution is 2.23. The lowest BCUT2D eigenvalue weighted by Gasteiger charge is -2.25. The van der Waals surface area contributed by atoms with Crippen molar-refractivity contribution in [3.8, 4) is 0 Å². The summed E-state index contributed by atoms with van der Waals surface area (Å²) in [6.07, 6.45) is 4.31. The van der Waals surface area contributed by atoms with Gasteiger partial charge in [0.15, 0.2) is 5.96 Å². The van der Waals surface area contributed by atoms with E-state index in [2.05, 4.69) is 20.6 Å². The van der Waals surface area contributed by atoms with Gasteiger partial charge in [-0.05, 0) is 52.8 Å². The zero-order chi connectivity index (χ0) is 33.1. The van der Waals surface area contributed by atoms with Crippen LogP contribution in [0.4, 0.5) is 0 Å². The van der Waals surface area contributed by atoms with Gasteiger partial charge in [-0.25, -0.2) is 0 Å². The van der Waals surface area contributed by atoms with E-state index in [0.29, 0.717) is 24.0 Å². The Morgan fingerprint density at radius 2 is 1.48 bits per heavy atom. The number of hydrogen-bond donors (Lipinski definition) is 7. The number of benzene rings is 3. The minimum absolute atomic E-state index is 0.0545. The Morgan fingerprint density at radius 3 is 2.13 bits per heavy atom. The van der Waals surface area contributed by atoms with Gasteiger partial charge < -0.3 is 33.6 Å². The first-order chi connectivity index (χ1) is 22.1. The number of fused-ring (bicyclic) bond motifs is 1. The largest absolute Gasteiger partial charge is 0.384 e. The van der Waals surface area contributed by atoms with E-state index in [-0.39, 0.29) is 31.2 Å². The van der Waals surface area contributed by atoms with E-state index >= 15 is 0 Å². The number of primary amides is 1. The van der Waals surface area contributed by atoms with Gasteiger partial charge in [0, 0.05) is 30.9 Å². The van der Waals surface area contributed by atoms with Gasteiger partial charge in [-0.3, -0.25) is 29.8 Å². The smallest absolute Gasteiger partial charge is 0.243 e. The molecule has 12 heteroatoms. The molecule has 0 aliphatic heterocycles. The minimum Gasteiger partial charge on any atom is -0.384 e. The topological polar surface area (TPSA) is 228 Å². The Bertz CT molecular complexity index is 1700. The molecule has 1 unspecified atom stereocenters. The van der Waals surface area contributed by atoms with E-state index in [9.17, 15) is 14.4 Å². The van der Waals surface area contributed by atoms with Crippen molar-refractivity contribution in [2.24, 2.45) is 27.9 Å². The normalized spacial score (nSPS) is 12.8. The predicted molar refractivity (Wildman–Crippen MR) is 179 cm³/mol. The van der Waals surface area contributed by atoms with Gasteiger partial charge in [0.2, 0.25) is 17.7 Å². The van der Waals surface area contributed by atoms with Crippen molar-refractivity contribution in [2.45, 2.75) is 43.7 Å². The maximum atomic E-state index is 14.0. The number of guanidine groups is 1. The van der Waals surface area contributed by atoms with Crippen LogP contribution in [0.2, 0.25) is 0 Å². The van der Waals surface area contributed by atoms with Crippen molar-refractivity contribution in [2.75, 3.05) is 6.54 Å². The molecule has 3 atom stereocenters. The molecule has 0 saturated carbocycles. The Hall–Kier alpha value is -5.78. The summed E-state index contributed by atoms with van der Waals surface area (Å²) >= 11 is 0. The number of carbonyl (C=O) groups is 3. The van der Waals surface area contributed by atoms with Crippen molar-refractivity contribution in [3.05, 3.63) is 114 Å². The molecule has 0 aliphatic carbocycles. The number of nitrogens with zero attached hydrogens (tertiary/aromatic N) is 2. The van der Waals surface area contributed by atoms with Crippen LogP contribution in [-0.2, 0) is 27.2 Å². The molecule has 4 aromatic rings. The third-order valence-corrected chi connectivity index (χ3v) is 7.60. The van der Waals surface area contributed by atoms with E-state index in [0.717, 1.165) is 21.9 Å². The first-order valence-corrected chi connectivity index (χ1v) is 14.9. The maximum Gasteiger partial charge on any atom is 0.243 e. The van der Waals surface area contributed by atoms with Crippen molar-refractivity contribution in [3.63, 3.8) is 0 Å². The zero-order valence-corrected chi connectivity index (χ0v) is 25.4. The SMILES string of the molecule is N=C(N)c1ccc(C[C@H](C(=O)N[C@@H](Cc2ccc3ccccc3c2)C(=O)NC(CCCN=C(N)N)C(N)=O)c2cccnc2)cc1. The molecule has 238 valence electrons. The van der Waals surface area contributed by atoms with Gasteiger partial charge in [-0.15, -0.1) is 0 Å². The number of aliphatic imine (C=N–C) groups is 1. The van der Waals surface area contributed by atoms with Gasteiger partial charge in [0.1, 0.15) is 17.9 Å². The molecule has 0 fully saturated rings. The Labute approximate surface area is 267 Å². The Kier molecular flexibility index (Phi) is 11.4. The number of amides is 3. The fraction of sp³-hybridized carbons (Fsp3) is 0.235. The fourth-order valence-electron chi connectivity index (χ4n) is 5.14. The molecule has 0 saturated heterocycles. The fourth-order valence-corrected chi connectivity index (χ4v) is 5.14. The lowest BCUT2D eigenvalue weighted by Crippen LogP contribution is -2.54. The summed E-state index contributed by atoms with van der Waals surface area (Å²) < 4.78 is 0. The van der Waals surface area contributed by atoms with Crippen LogP contribution in [0.5, 0.6) is 0 Å². The quantitative estimate of drug-likeness (QED) is 0.0588. The van der Waals surface area contributed by atoms with Crippen LogP contribution in [0.1, 0.15) is 41.0 Å². The van der Waals surface area contributed by atoms with Crippen LogP contribution < -0.4 is 33.6 Å². The number of nitrogens with one attached hydrogen (secondary N) is 3.